The van der Waals surface area contributed by atoms with E-state index >= 15 is 0 Å². The van der Waals surface area contributed by atoms with Crippen LogP contribution in [0.3, 0.4) is 0 Å². The summed E-state index contributed by atoms with van der Waals surface area (Å²) >= 11 is 0. The molecule has 0 bridgehead atoms. The average molecular weight is 319 g/mol. The molecule has 122 valence electrons. The van der Waals surface area contributed by atoms with Gasteiger partial charge in [0.15, 0.2) is 0 Å². The number of nitriles is 1. The summed E-state index contributed by atoms with van der Waals surface area (Å²) in [5.41, 5.74) is -0.430. The van der Waals surface area contributed by atoms with Crippen LogP contribution in [0, 0.1) is 16.7 Å². The summed E-state index contributed by atoms with van der Waals surface area (Å²) in [6, 6.07) is 3.49. The SMILES string of the molecule is CC1(C(F)F)CCC[C@@H]2CC[C@@H](c3cncc(C#N)c3)N2C1=O. The van der Waals surface area contributed by atoms with E-state index in [4.69, 9.17) is 5.26 Å². The minimum absolute atomic E-state index is 0.0128. The Morgan fingerprint density at radius 1 is 1.39 bits per heavy atom. The second kappa shape index (κ2) is 5.88. The Kier molecular flexibility index (Phi) is 4.05. The fourth-order valence-corrected chi connectivity index (χ4v) is 3.81. The number of amides is 1. The number of fused-ring (bicyclic) bond motifs is 1. The zero-order valence-electron chi connectivity index (χ0n) is 13.0. The Morgan fingerprint density at radius 2 is 2.17 bits per heavy atom. The van der Waals surface area contributed by atoms with Crippen LogP contribution in [-0.2, 0) is 4.79 Å². The van der Waals surface area contributed by atoms with Gasteiger partial charge in [-0.3, -0.25) is 9.78 Å². The molecule has 2 saturated heterocycles. The van der Waals surface area contributed by atoms with E-state index in [2.05, 4.69) is 4.98 Å². The van der Waals surface area contributed by atoms with Crippen molar-refractivity contribution in [3.05, 3.63) is 29.6 Å². The largest absolute Gasteiger partial charge is 0.332 e. The van der Waals surface area contributed by atoms with Gasteiger partial charge in [0, 0.05) is 18.4 Å². The van der Waals surface area contributed by atoms with Crippen LogP contribution in [0.15, 0.2) is 18.5 Å². The molecule has 2 aliphatic heterocycles. The van der Waals surface area contributed by atoms with E-state index in [1.165, 1.54) is 13.1 Å². The van der Waals surface area contributed by atoms with Crippen LogP contribution in [0.4, 0.5) is 8.78 Å². The van der Waals surface area contributed by atoms with Crippen LogP contribution in [0.2, 0.25) is 0 Å². The quantitative estimate of drug-likeness (QED) is 0.839. The van der Waals surface area contributed by atoms with E-state index in [0.29, 0.717) is 12.0 Å². The molecule has 6 heteroatoms. The lowest BCUT2D eigenvalue weighted by atomic mass is 9.84. The van der Waals surface area contributed by atoms with Crippen LogP contribution in [0.5, 0.6) is 0 Å². The Balaban J connectivity index is 1.98. The second-order valence-corrected chi connectivity index (χ2v) is 6.69. The molecule has 0 aromatic carbocycles. The number of carbonyl (C=O) groups excluding carboxylic acids is 1. The third-order valence-corrected chi connectivity index (χ3v) is 5.21. The van der Waals surface area contributed by atoms with Crippen molar-refractivity contribution < 1.29 is 13.6 Å². The molecule has 3 heterocycles. The highest BCUT2D eigenvalue weighted by Gasteiger charge is 2.51. The molecule has 3 rings (SSSR count). The van der Waals surface area contributed by atoms with Crippen LogP contribution < -0.4 is 0 Å². The maximum atomic E-state index is 13.5. The lowest BCUT2D eigenvalue weighted by Crippen LogP contribution is -2.47. The van der Waals surface area contributed by atoms with Crippen molar-refractivity contribution in [1.29, 1.82) is 5.26 Å². The van der Waals surface area contributed by atoms with E-state index in [0.717, 1.165) is 24.8 Å². The van der Waals surface area contributed by atoms with Crippen molar-refractivity contribution in [2.24, 2.45) is 5.41 Å². The highest BCUT2D eigenvalue weighted by Crippen LogP contribution is 2.46. The summed E-state index contributed by atoms with van der Waals surface area (Å²) in [6.45, 7) is 1.38. The zero-order chi connectivity index (χ0) is 16.6. The molecule has 3 atom stereocenters. The Bertz CT molecular complexity index is 657. The lowest BCUT2D eigenvalue weighted by molar-refractivity contribution is -0.152. The van der Waals surface area contributed by atoms with Gasteiger partial charge >= 0.3 is 0 Å². The fraction of sp³-hybridized carbons (Fsp3) is 0.588. The molecule has 4 nitrogen and oxygen atoms in total. The summed E-state index contributed by atoms with van der Waals surface area (Å²) in [4.78, 5) is 18.6. The van der Waals surface area contributed by atoms with Gasteiger partial charge in [-0.05, 0) is 44.2 Å². The first-order valence-corrected chi connectivity index (χ1v) is 7.93. The highest BCUT2D eigenvalue weighted by atomic mass is 19.3. The smallest absolute Gasteiger partial charge is 0.252 e. The monoisotopic (exact) mass is 319 g/mol. The predicted molar refractivity (Wildman–Crippen MR) is 79.5 cm³/mol. The summed E-state index contributed by atoms with van der Waals surface area (Å²) in [5, 5.41) is 9.02. The highest BCUT2D eigenvalue weighted by molar-refractivity contribution is 5.84. The van der Waals surface area contributed by atoms with E-state index in [1.807, 2.05) is 6.07 Å². The van der Waals surface area contributed by atoms with Gasteiger partial charge in [-0.15, -0.1) is 0 Å². The molecule has 1 aromatic rings. The van der Waals surface area contributed by atoms with Crippen LogP contribution in [0.1, 0.15) is 56.2 Å². The van der Waals surface area contributed by atoms with Gasteiger partial charge in [0.2, 0.25) is 5.91 Å². The number of hydrogen-bond donors (Lipinski definition) is 0. The average Bonchev–Trinajstić information content (AvgIpc) is 2.92. The number of hydrogen-bond acceptors (Lipinski definition) is 3. The second-order valence-electron chi connectivity index (χ2n) is 6.69. The number of carbonyl (C=O) groups is 1. The van der Waals surface area contributed by atoms with Gasteiger partial charge < -0.3 is 4.90 Å². The number of pyridine rings is 1. The maximum absolute atomic E-state index is 13.5. The molecule has 1 amide bonds. The molecule has 2 aliphatic rings. The van der Waals surface area contributed by atoms with E-state index in [1.54, 1.807) is 17.2 Å². The van der Waals surface area contributed by atoms with Crippen LogP contribution >= 0.6 is 0 Å². The molecule has 1 unspecified atom stereocenters. The van der Waals surface area contributed by atoms with Crippen molar-refractivity contribution in [1.82, 2.24) is 9.88 Å². The van der Waals surface area contributed by atoms with Gasteiger partial charge in [0.05, 0.1) is 11.6 Å². The number of nitrogens with zero attached hydrogens (tertiary/aromatic N) is 3. The Morgan fingerprint density at radius 3 is 2.87 bits per heavy atom. The summed E-state index contributed by atoms with van der Waals surface area (Å²) in [6.07, 6.45) is 3.58. The van der Waals surface area contributed by atoms with E-state index < -0.39 is 17.7 Å². The van der Waals surface area contributed by atoms with Gasteiger partial charge in [-0.1, -0.05) is 6.42 Å². The van der Waals surface area contributed by atoms with E-state index in [9.17, 15) is 13.6 Å². The minimum Gasteiger partial charge on any atom is -0.332 e. The first-order valence-electron chi connectivity index (χ1n) is 7.93. The minimum atomic E-state index is -2.67. The first-order chi connectivity index (χ1) is 11.0. The van der Waals surface area contributed by atoms with Crippen LogP contribution in [0.25, 0.3) is 0 Å². The summed E-state index contributed by atoms with van der Waals surface area (Å²) < 4.78 is 27.1. The van der Waals surface area contributed by atoms with Crippen molar-refractivity contribution >= 4 is 5.91 Å². The molecule has 0 saturated carbocycles. The molecule has 23 heavy (non-hydrogen) atoms. The number of aromatic nitrogens is 1. The number of rotatable bonds is 2. The Labute approximate surface area is 134 Å². The fourth-order valence-electron chi connectivity index (χ4n) is 3.81. The molecule has 0 aliphatic carbocycles. The first kappa shape index (κ1) is 15.9. The standard InChI is InChI=1S/C17H19F2N3O/c1-17(15(18)19)6-2-3-13-4-5-14(22(13)16(17)23)12-7-11(8-20)9-21-10-12/h7,9-10,13-15H,2-6H2,1H3/t13-,14+,17?/m1/s1. The van der Waals surface area contributed by atoms with Crippen molar-refractivity contribution in [3.63, 3.8) is 0 Å². The molecular formula is C17H19F2N3O. The maximum Gasteiger partial charge on any atom is 0.252 e. The van der Waals surface area contributed by atoms with Crippen LogP contribution in [-0.4, -0.2) is 28.3 Å². The zero-order valence-corrected chi connectivity index (χ0v) is 13.0. The summed E-state index contributed by atoms with van der Waals surface area (Å²) in [7, 11) is 0. The molecule has 1 aromatic heterocycles. The normalized spacial score (nSPS) is 30.9. The van der Waals surface area contributed by atoms with E-state index in [-0.39, 0.29) is 18.5 Å². The molecule has 2 fully saturated rings. The number of alkyl halides is 2. The predicted octanol–water partition coefficient (Wildman–Crippen LogP) is 3.44. The van der Waals surface area contributed by atoms with Gasteiger partial charge in [0.25, 0.3) is 6.43 Å². The van der Waals surface area contributed by atoms with Gasteiger partial charge in [-0.25, -0.2) is 8.78 Å². The Hall–Kier alpha value is -2.03. The molecular weight excluding hydrogens is 300 g/mol. The number of halogens is 2. The molecule has 0 spiro atoms. The lowest BCUT2D eigenvalue weighted by Gasteiger charge is -2.35. The topological polar surface area (TPSA) is 57.0 Å². The van der Waals surface area contributed by atoms with Crippen molar-refractivity contribution in [3.8, 4) is 6.07 Å². The van der Waals surface area contributed by atoms with Gasteiger partial charge in [0.1, 0.15) is 11.5 Å². The van der Waals surface area contributed by atoms with Crippen molar-refractivity contribution in [2.75, 3.05) is 0 Å². The van der Waals surface area contributed by atoms with Crippen molar-refractivity contribution in [2.45, 2.75) is 57.5 Å². The van der Waals surface area contributed by atoms with Gasteiger partial charge in [-0.2, -0.15) is 5.26 Å². The molecule has 0 N–H and O–H groups in total. The molecule has 0 radical (unpaired) electrons. The third-order valence-electron chi connectivity index (χ3n) is 5.21. The third kappa shape index (κ3) is 2.58. The summed E-state index contributed by atoms with van der Waals surface area (Å²) in [5.74, 6) is -0.458.